The lowest BCUT2D eigenvalue weighted by Gasteiger charge is -2.74. The Morgan fingerprint density at radius 2 is 0.255 bits per heavy atom. The van der Waals surface area contributed by atoms with Crippen molar-refractivity contribution in [2.24, 2.45) is 5.41 Å². The molecule has 8 bridgehead atoms. The predicted molar refractivity (Wildman–Crippen MR) is 94.7 cm³/mol. The molecule has 0 saturated heterocycles. The molecule has 0 unspecified atom stereocenters. The molecular weight excluding hydrogens is 898 g/mol. The van der Waals surface area contributed by atoms with Crippen LogP contribution < -0.4 is 0 Å². The third-order valence-electron chi connectivity index (χ3n) is 10.9. The third-order valence-corrected chi connectivity index (χ3v) is 10.9. The number of alkyl halides is 34. The maximum absolute atomic E-state index is 14.3. The molecular formula is C21F34. The summed E-state index contributed by atoms with van der Waals surface area (Å²) in [5.74, 6) is -97.4. The van der Waals surface area contributed by atoms with Crippen molar-refractivity contribution in [2.75, 3.05) is 0 Å². The molecule has 322 valence electrons. The second kappa shape index (κ2) is 8.66. The molecule has 0 aliphatic heterocycles. The number of halogens is 34. The normalized spacial score (nSPS) is 51.6. The lowest BCUT2D eigenvalue weighted by Crippen LogP contribution is -3.08. The SMILES string of the molecule is FC(F)(F)C12C(F)(F)C3(F)C(F)(F)C(F)(C(F)(F)C(F)(C3(F)F)C1(F)F)C2(F)F.FC1(F)C2(F)C(F)(F)C3(F)C(F)(F)C1(F)C(F)(F)C(F)(C2(F)F)C3(F)F. The first-order valence-electron chi connectivity index (χ1n) is 12.7. The summed E-state index contributed by atoms with van der Waals surface area (Å²) in [5, 5.41) is 0. The summed E-state index contributed by atoms with van der Waals surface area (Å²) in [6.45, 7) is 0. The summed E-state index contributed by atoms with van der Waals surface area (Å²) in [6, 6.07) is 0. The summed E-state index contributed by atoms with van der Waals surface area (Å²) < 4.78 is 468. The zero-order valence-electron chi connectivity index (χ0n) is 23.4. The number of hydrogen-bond donors (Lipinski definition) is 0. The van der Waals surface area contributed by atoms with E-state index in [4.69, 9.17) is 0 Å². The highest BCUT2D eigenvalue weighted by molar-refractivity contribution is 5.55. The zero-order chi connectivity index (χ0) is 44.5. The van der Waals surface area contributed by atoms with E-state index in [-0.39, 0.29) is 0 Å². The molecule has 8 rings (SSSR count). The van der Waals surface area contributed by atoms with Crippen LogP contribution in [-0.2, 0) is 0 Å². The molecule has 55 heavy (non-hydrogen) atoms. The van der Waals surface area contributed by atoms with Crippen LogP contribution in [0.4, 0.5) is 149 Å². The van der Waals surface area contributed by atoms with Crippen molar-refractivity contribution < 1.29 is 149 Å². The van der Waals surface area contributed by atoms with Crippen molar-refractivity contribution in [1.82, 2.24) is 0 Å². The molecule has 8 aliphatic rings. The Bertz CT molecular complexity index is 1430. The standard InChI is InChI=1S/C11F18.C10F16/c12-2-5(15,16)1(11(27,28)29)6(17,18)3(13,8(2,21)22)10(25,26)4(14,7(1,19)20)9(2,23)24;11-1-5(15,16)2(12)8(21,22)3(13,6(1,17)18)10(25,26)4(14,7(1,19)20)9(2,23)24. The Morgan fingerprint density at radius 1 is 0.164 bits per heavy atom. The number of hydrogen-bond acceptors (Lipinski definition) is 0. The van der Waals surface area contributed by atoms with Crippen molar-refractivity contribution in [3.63, 3.8) is 0 Å². The van der Waals surface area contributed by atoms with Crippen LogP contribution in [0.15, 0.2) is 0 Å². The van der Waals surface area contributed by atoms with Gasteiger partial charge in [0.25, 0.3) is 5.41 Å². The minimum absolute atomic E-state index is 7.82. The van der Waals surface area contributed by atoms with Crippen molar-refractivity contribution >= 4 is 0 Å². The average Bonchev–Trinajstić information content (AvgIpc) is 2.96. The van der Waals surface area contributed by atoms with Gasteiger partial charge in [-0.1, -0.05) is 0 Å². The lowest BCUT2D eigenvalue weighted by atomic mass is 9.36. The summed E-state index contributed by atoms with van der Waals surface area (Å²) >= 11 is 0. The minimum Gasteiger partial charge on any atom is -0.223 e. The first-order valence-corrected chi connectivity index (χ1v) is 12.7. The maximum atomic E-state index is 14.3. The van der Waals surface area contributed by atoms with Crippen LogP contribution >= 0.6 is 0 Å². The number of rotatable bonds is 0. The van der Waals surface area contributed by atoms with Crippen LogP contribution in [-0.4, -0.2) is 117 Å². The van der Waals surface area contributed by atoms with Crippen LogP contribution in [0.5, 0.6) is 0 Å². The summed E-state index contributed by atoms with van der Waals surface area (Å²) in [4.78, 5) is 0. The van der Waals surface area contributed by atoms with Gasteiger partial charge in [-0.25, -0.2) is 57.1 Å². The van der Waals surface area contributed by atoms with Gasteiger partial charge < -0.3 is 0 Å². The Kier molecular flexibility index (Phi) is 6.88. The van der Waals surface area contributed by atoms with Crippen molar-refractivity contribution in [2.45, 2.75) is 117 Å². The molecule has 0 spiro atoms. The Morgan fingerprint density at radius 3 is 0.345 bits per heavy atom. The molecule has 0 amide bonds. The van der Waals surface area contributed by atoms with Gasteiger partial charge in [0, 0.05) is 0 Å². The van der Waals surface area contributed by atoms with Crippen molar-refractivity contribution in [3.05, 3.63) is 0 Å². The van der Waals surface area contributed by atoms with Crippen LogP contribution in [0, 0.1) is 5.41 Å². The van der Waals surface area contributed by atoms with Gasteiger partial charge in [0.2, 0.25) is 0 Å². The topological polar surface area (TPSA) is 0 Å². The van der Waals surface area contributed by atoms with Gasteiger partial charge >= 0.3 is 117 Å². The first kappa shape index (κ1) is 43.7. The van der Waals surface area contributed by atoms with Crippen LogP contribution in [0.2, 0.25) is 0 Å². The van der Waals surface area contributed by atoms with E-state index in [1.807, 2.05) is 0 Å². The van der Waals surface area contributed by atoms with E-state index in [2.05, 4.69) is 0 Å². The van der Waals surface area contributed by atoms with Crippen LogP contribution in [0.25, 0.3) is 0 Å². The van der Waals surface area contributed by atoms with E-state index in [1.54, 1.807) is 0 Å². The third kappa shape index (κ3) is 2.56. The van der Waals surface area contributed by atoms with Gasteiger partial charge in [0.15, 0.2) is 0 Å². The van der Waals surface area contributed by atoms with Gasteiger partial charge in [-0.05, 0) is 0 Å². The highest BCUT2D eigenvalue weighted by Crippen LogP contribution is 2.93. The van der Waals surface area contributed by atoms with Gasteiger partial charge in [-0.15, -0.1) is 0 Å². The molecule has 0 atom stereocenters. The molecule has 0 nitrogen and oxygen atoms in total. The van der Waals surface area contributed by atoms with Gasteiger partial charge in [-0.2, -0.15) is 92.2 Å². The molecule has 0 radical (unpaired) electrons. The summed E-state index contributed by atoms with van der Waals surface area (Å²) in [5.41, 5.74) is -64.3. The summed E-state index contributed by atoms with van der Waals surface area (Å²) in [7, 11) is 0. The van der Waals surface area contributed by atoms with Crippen molar-refractivity contribution in [1.29, 1.82) is 0 Å². The molecule has 8 aliphatic carbocycles. The van der Waals surface area contributed by atoms with Crippen molar-refractivity contribution in [3.8, 4) is 0 Å². The minimum atomic E-state index is -8.43. The molecule has 0 aromatic heterocycles. The van der Waals surface area contributed by atoms with Crippen LogP contribution in [0.3, 0.4) is 0 Å². The highest BCUT2D eigenvalue weighted by Gasteiger charge is 3.26. The van der Waals surface area contributed by atoms with Gasteiger partial charge in [-0.3, -0.25) is 0 Å². The van der Waals surface area contributed by atoms with E-state index < -0.39 is 122 Å². The van der Waals surface area contributed by atoms with E-state index >= 15 is 0 Å². The Hall–Kier alpha value is -2.38. The second-order valence-electron chi connectivity index (χ2n) is 12.7. The largest absolute Gasteiger partial charge is 0.412 e. The van der Waals surface area contributed by atoms with Crippen LogP contribution in [0.1, 0.15) is 0 Å². The fourth-order valence-corrected chi connectivity index (χ4v) is 8.18. The first-order chi connectivity index (χ1) is 23.2. The fourth-order valence-electron chi connectivity index (χ4n) is 8.18. The lowest BCUT2D eigenvalue weighted by molar-refractivity contribution is -0.635. The maximum Gasteiger partial charge on any atom is 0.412 e. The van der Waals surface area contributed by atoms with Gasteiger partial charge in [0.1, 0.15) is 0 Å². The monoisotopic (exact) mass is 898 g/mol. The molecule has 0 aromatic rings. The second-order valence-corrected chi connectivity index (χ2v) is 12.7. The fraction of sp³-hybridized carbons (Fsp3) is 1.00. The molecule has 0 heterocycles. The molecule has 34 heteroatoms. The average molecular weight is 898 g/mol. The quantitative estimate of drug-likeness (QED) is 0.213. The zero-order valence-corrected chi connectivity index (χ0v) is 23.4. The molecule has 0 N–H and O–H groups in total. The van der Waals surface area contributed by atoms with Gasteiger partial charge in [0.05, 0.1) is 0 Å². The predicted octanol–water partition coefficient (Wildman–Crippen LogP) is 10.2. The Labute approximate surface area is 273 Å². The molecule has 8 fully saturated rings. The van der Waals surface area contributed by atoms with E-state index in [0.717, 1.165) is 0 Å². The van der Waals surface area contributed by atoms with E-state index in [1.165, 1.54) is 0 Å². The van der Waals surface area contributed by atoms with E-state index in [9.17, 15) is 149 Å². The summed E-state index contributed by atoms with van der Waals surface area (Å²) in [6.07, 6.45) is -8.28. The Balaban J connectivity index is 0.000000212. The highest BCUT2D eigenvalue weighted by atomic mass is 19.4. The van der Waals surface area contributed by atoms with E-state index in [0.29, 0.717) is 0 Å². The molecule has 8 saturated carbocycles. The smallest absolute Gasteiger partial charge is 0.223 e. The molecule has 0 aromatic carbocycles.